The highest BCUT2D eigenvalue weighted by Crippen LogP contribution is 2.27. The number of aryl methyl sites for hydroxylation is 1. The SMILES string of the molecule is Cc1cc(NCc2nnc(-c3ccccc3)s2)n2nc(C(F)(F)F)nc2n1. The van der Waals surface area contributed by atoms with E-state index in [4.69, 9.17) is 0 Å². The Morgan fingerprint density at radius 2 is 1.89 bits per heavy atom. The van der Waals surface area contributed by atoms with Crippen LogP contribution in [-0.4, -0.2) is 29.8 Å². The maximum atomic E-state index is 12.9. The molecule has 138 valence electrons. The molecule has 0 radical (unpaired) electrons. The monoisotopic (exact) mass is 391 g/mol. The van der Waals surface area contributed by atoms with Gasteiger partial charge < -0.3 is 5.32 Å². The Labute approximate surface area is 154 Å². The van der Waals surface area contributed by atoms with E-state index in [0.717, 1.165) is 15.1 Å². The summed E-state index contributed by atoms with van der Waals surface area (Å²) in [5.74, 6) is -1.00. The van der Waals surface area contributed by atoms with Crippen molar-refractivity contribution in [2.45, 2.75) is 19.6 Å². The number of hydrogen-bond acceptors (Lipinski definition) is 7. The predicted octanol–water partition coefficient (Wildman–Crippen LogP) is 3.58. The van der Waals surface area contributed by atoms with Gasteiger partial charge in [0, 0.05) is 17.3 Å². The molecular formula is C16H12F3N7S. The second-order valence-electron chi connectivity index (χ2n) is 5.65. The number of hydrogen-bond donors (Lipinski definition) is 1. The van der Waals surface area contributed by atoms with Gasteiger partial charge in [-0.15, -0.1) is 15.3 Å². The van der Waals surface area contributed by atoms with Crippen molar-refractivity contribution >= 4 is 22.9 Å². The van der Waals surface area contributed by atoms with Gasteiger partial charge in [0.2, 0.25) is 0 Å². The summed E-state index contributed by atoms with van der Waals surface area (Å²) in [6, 6.07) is 11.2. The molecule has 7 nitrogen and oxygen atoms in total. The zero-order chi connectivity index (χ0) is 19.0. The minimum atomic E-state index is -4.64. The Kier molecular flexibility index (Phi) is 4.22. The first-order chi connectivity index (χ1) is 12.9. The Balaban J connectivity index is 1.59. The van der Waals surface area contributed by atoms with Gasteiger partial charge in [-0.3, -0.25) is 0 Å². The van der Waals surface area contributed by atoms with Crippen molar-refractivity contribution in [3.8, 4) is 10.6 Å². The van der Waals surface area contributed by atoms with Gasteiger partial charge in [-0.05, 0) is 6.92 Å². The van der Waals surface area contributed by atoms with Gasteiger partial charge in [-0.2, -0.15) is 22.7 Å². The molecule has 0 amide bonds. The highest BCUT2D eigenvalue weighted by Gasteiger charge is 2.36. The zero-order valence-electron chi connectivity index (χ0n) is 13.9. The Morgan fingerprint density at radius 3 is 2.63 bits per heavy atom. The molecule has 3 aromatic heterocycles. The largest absolute Gasteiger partial charge is 0.453 e. The van der Waals surface area contributed by atoms with Gasteiger partial charge in [0.25, 0.3) is 11.6 Å². The fourth-order valence-electron chi connectivity index (χ4n) is 2.42. The molecule has 0 aliphatic rings. The van der Waals surface area contributed by atoms with Crippen LogP contribution in [0.5, 0.6) is 0 Å². The van der Waals surface area contributed by atoms with Crippen LogP contribution in [0.1, 0.15) is 16.5 Å². The summed E-state index contributed by atoms with van der Waals surface area (Å²) in [5, 5.41) is 16.3. The third kappa shape index (κ3) is 3.58. The van der Waals surface area contributed by atoms with Gasteiger partial charge >= 0.3 is 6.18 Å². The number of rotatable bonds is 4. The number of alkyl halides is 3. The second-order valence-corrected chi connectivity index (χ2v) is 6.71. The maximum absolute atomic E-state index is 12.9. The summed E-state index contributed by atoms with van der Waals surface area (Å²) < 4.78 is 39.6. The number of anilines is 1. The van der Waals surface area contributed by atoms with E-state index in [0.29, 0.717) is 16.5 Å². The van der Waals surface area contributed by atoms with Crippen LogP contribution in [0.25, 0.3) is 16.3 Å². The van der Waals surface area contributed by atoms with E-state index in [9.17, 15) is 13.2 Å². The fraction of sp³-hybridized carbons (Fsp3) is 0.188. The molecule has 0 unspecified atom stereocenters. The molecule has 0 aliphatic carbocycles. The summed E-state index contributed by atoms with van der Waals surface area (Å²) in [6.07, 6.45) is -4.64. The van der Waals surface area contributed by atoms with E-state index >= 15 is 0 Å². The molecule has 0 bridgehead atoms. The average molecular weight is 391 g/mol. The van der Waals surface area contributed by atoms with Crippen molar-refractivity contribution in [2.75, 3.05) is 5.32 Å². The van der Waals surface area contributed by atoms with Crippen molar-refractivity contribution in [1.82, 2.24) is 29.8 Å². The van der Waals surface area contributed by atoms with E-state index in [-0.39, 0.29) is 12.3 Å². The fourth-order valence-corrected chi connectivity index (χ4v) is 3.21. The zero-order valence-corrected chi connectivity index (χ0v) is 14.7. The number of halogens is 3. The molecule has 4 aromatic rings. The van der Waals surface area contributed by atoms with Crippen molar-refractivity contribution in [3.05, 3.63) is 52.9 Å². The summed E-state index contributed by atoms with van der Waals surface area (Å²) in [6.45, 7) is 1.95. The van der Waals surface area contributed by atoms with Crippen molar-refractivity contribution < 1.29 is 13.2 Å². The molecular weight excluding hydrogens is 379 g/mol. The van der Waals surface area contributed by atoms with Gasteiger partial charge in [0.15, 0.2) is 0 Å². The molecule has 4 rings (SSSR count). The highest BCUT2D eigenvalue weighted by molar-refractivity contribution is 7.14. The van der Waals surface area contributed by atoms with Crippen LogP contribution in [0.15, 0.2) is 36.4 Å². The number of aromatic nitrogens is 6. The van der Waals surface area contributed by atoms with E-state index in [1.165, 1.54) is 11.3 Å². The van der Waals surface area contributed by atoms with Crippen LogP contribution in [0.2, 0.25) is 0 Å². The van der Waals surface area contributed by atoms with Crippen molar-refractivity contribution in [1.29, 1.82) is 0 Å². The lowest BCUT2D eigenvalue weighted by atomic mass is 10.2. The van der Waals surface area contributed by atoms with Crippen LogP contribution in [0, 0.1) is 6.92 Å². The van der Waals surface area contributed by atoms with Crippen LogP contribution in [0.4, 0.5) is 19.0 Å². The van der Waals surface area contributed by atoms with E-state index < -0.39 is 12.0 Å². The first-order valence-corrected chi connectivity index (χ1v) is 8.65. The van der Waals surface area contributed by atoms with Crippen molar-refractivity contribution in [2.24, 2.45) is 0 Å². The molecule has 0 saturated carbocycles. The average Bonchev–Trinajstić information content (AvgIpc) is 3.27. The minimum Gasteiger partial charge on any atom is -0.363 e. The van der Waals surface area contributed by atoms with Crippen LogP contribution in [-0.2, 0) is 12.7 Å². The summed E-state index contributed by atoms with van der Waals surface area (Å²) in [4.78, 5) is 7.45. The van der Waals surface area contributed by atoms with Crippen molar-refractivity contribution in [3.63, 3.8) is 0 Å². The summed E-state index contributed by atoms with van der Waals surface area (Å²) in [5.41, 5.74) is 1.47. The quantitative estimate of drug-likeness (QED) is 0.573. The van der Waals surface area contributed by atoms with Crippen LogP contribution in [0.3, 0.4) is 0 Å². The Bertz CT molecular complexity index is 1090. The first-order valence-electron chi connectivity index (χ1n) is 7.83. The summed E-state index contributed by atoms with van der Waals surface area (Å²) >= 11 is 1.40. The smallest absolute Gasteiger partial charge is 0.363 e. The Hall–Kier alpha value is -3.08. The predicted molar refractivity (Wildman–Crippen MR) is 93.2 cm³/mol. The lowest BCUT2D eigenvalue weighted by Crippen LogP contribution is -2.09. The second kappa shape index (κ2) is 6.58. The molecule has 1 aromatic carbocycles. The van der Waals surface area contributed by atoms with E-state index in [2.05, 4.69) is 30.6 Å². The lowest BCUT2D eigenvalue weighted by molar-refractivity contribution is -0.144. The lowest BCUT2D eigenvalue weighted by Gasteiger charge is -2.06. The summed E-state index contributed by atoms with van der Waals surface area (Å²) in [7, 11) is 0. The number of nitrogens with one attached hydrogen (secondary N) is 1. The molecule has 0 fully saturated rings. The molecule has 27 heavy (non-hydrogen) atoms. The van der Waals surface area contributed by atoms with E-state index in [1.807, 2.05) is 30.3 Å². The molecule has 0 spiro atoms. The van der Waals surface area contributed by atoms with Gasteiger partial charge in [-0.25, -0.2) is 4.98 Å². The molecule has 3 heterocycles. The minimum absolute atomic E-state index is 0.118. The highest BCUT2D eigenvalue weighted by atomic mass is 32.1. The van der Waals surface area contributed by atoms with Crippen LogP contribution < -0.4 is 5.32 Å². The van der Waals surface area contributed by atoms with Gasteiger partial charge in [0.1, 0.15) is 15.8 Å². The Morgan fingerprint density at radius 1 is 1.11 bits per heavy atom. The number of nitrogens with zero attached hydrogens (tertiary/aromatic N) is 6. The first kappa shape index (κ1) is 17.3. The topological polar surface area (TPSA) is 80.9 Å². The van der Waals surface area contributed by atoms with Gasteiger partial charge in [-0.1, -0.05) is 41.7 Å². The molecule has 0 atom stereocenters. The number of benzene rings is 1. The number of fused-ring (bicyclic) bond motifs is 1. The molecule has 11 heteroatoms. The van der Waals surface area contributed by atoms with Gasteiger partial charge in [0.05, 0.1) is 6.54 Å². The maximum Gasteiger partial charge on any atom is 0.453 e. The molecule has 0 saturated heterocycles. The molecule has 0 aliphatic heterocycles. The standard InChI is InChI=1S/C16H12F3N7S/c1-9-7-11(26-15(21-9)22-14(25-26)16(17,18)19)20-8-12-23-24-13(27-12)10-5-3-2-4-6-10/h2-7,20H,8H2,1H3. The third-order valence-corrected chi connectivity index (χ3v) is 4.57. The van der Waals surface area contributed by atoms with E-state index in [1.54, 1.807) is 13.0 Å². The third-order valence-electron chi connectivity index (χ3n) is 3.60. The normalized spacial score (nSPS) is 11.9. The van der Waals surface area contributed by atoms with Crippen LogP contribution >= 0.6 is 11.3 Å². The molecule has 1 N–H and O–H groups in total.